The molecule has 1 aromatic carbocycles. The maximum atomic E-state index is 14.9. The van der Waals surface area contributed by atoms with Crippen molar-refractivity contribution in [3.8, 4) is 17.1 Å². The minimum Gasteiger partial charge on any atom is -0.476 e. The van der Waals surface area contributed by atoms with Gasteiger partial charge in [-0.2, -0.15) is 0 Å². The zero-order valence-corrected chi connectivity index (χ0v) is 21.2. The van der Waals surface area contributed by atoms with E-state index < -0.39 is 11.9 Å². The van der Waals surface area contributed by atoms with Crippen LogP contribution in [0.1, 0.15) is 62.2 Å². The highest BCUT2D eigenvalue weighted by Gasteiger charge is 2.34. The van der Waals surface area contributed by atoms with E-state index in [1.165, 1.54) is 44.3 Å². The normalized spacial score (nSPS) is 22.8. The first kappa shape index (κ1) is 25.1. The van der Waals surface area contributed by atoms with E-state index in [4.69, 9.17) is 4.74 Å². The number of halogens is 1. The highest BCUT2D eigenvalue weighted by atomic mass is 19.1. The number of hydrogen-bond donors (Lipinski definition) is 1. The lowest BCUT2D eigenvalue weighted by Gasteiger charge is -2.44. The zero-order chi connectivity index (χ0) is 25.1. The van der Waals surface area contributed by atoms with Gasteiger partial charge < -0.3 is 19.6 Å². The minimum absolute atomic E-state index is 0.267. The summed E-state index contributed by atoms with van der Waals surface area (Å²) >= 11 is 0. The van der Waals surface area contributed by atoms with Crippen LogP contribution in [0, 0.1) is 17.2 Å². The van der Waals surface area contributed by atoms with Gasteiger partial charge in [0.1, 0.15) is 5.82 Å². The van der Waals surface area contributed by atoms with Crippen molar-refractivity contribution in [3.63, 3.8) is 0 Å². The van der Waals surface area contributed by atoms with Crippen LogP contribution in [0.4, 0.5) is 4.39 Å². The predicted molar refractivity (Wildman–Crippen MR) is 135 cm³/mol. The second-order valence-corrected chi connectivity index (χ2v) is 11.2. The molecule has 1 aromatic heterocycles. The molecule has 0 spiro atoms. The van der Waals surface area contributed by atoms with E-state index in [0.717, 1.165) is 32.4 Å². The van der Waals surface area contributed by atoms with Crippen LogP contribution in [0.3, 0.4) is 0 Å². The van der Waals surface area contributed by atoms with Gasteiger partial charge in [-0.3, -0.25) is 4.79 Å². The highest BCUT2D eigenvalue weighted by molar-refractivity contribution is 5.94. The summed E-state index contributed by atoms with van der Waals surface area (Å²) in [5.41, 5.74) is 1.49. The third-order valence-corrected chi connectivity index (χ3v) is 8.14. The van der Waals surface area contributed by atoms with Crippen LogP contribution in [0.15, 0.2) is 30.6 Å². The number of benzene rings is 1. The van der Waals surface area contributed by atoms with Gasteiger partial charge in [0.05, 0.1) is 30.8 Å². The van der Waals surface area contributed by atoms with Gasteiger partial charge in [-0.25, -0.2) is 14.4 Å². The molecule has 7 nitrogen and oxygen atoms in total. The number of hydrogen-bond acceptors (Lipinski definition) is 6. The summed E-state index contributed by atoms with van der Waals surface area (Å²) in [6.45, 7) is 7.37. The second kappa shape index (κ2) is 10.8. The van der Waals surface area contributed by atoms with Crippen molar-refractivity contribution >= 4 is 5.91 Å². The smallest absolute Gasteiger partial charge is 0.254 e. The molecule has 5 rings (SSSR count). The molecule has 8 heteroatoms. The number of rotatable bonds is 7. The fraction of sp³-hybridized carbons (Fsp3) is 0.607. The van der Waals surface area contributed by atoms with E-state index in [2.05, 4.69) is 21.8 Å². The maximum absolute atomic E-state index is 14.9. The summed E-state index contributed by atoms with van der Waals surface area (Å²) in [6.07, 6.45) is 10.3. The molecule has 1 amide bonds. The SMILES string of the molecule is CC1(CN2CCC(COc3cnc(-c4ccc(C(=O)N5CCC[C@@H](O)C5)cc4F)cn3)CC2)CCC1. The lowest BCUT2D eigenvalue weighted by atomic mass is 9.70. The van der Waals surface area contributed by atoms with Gasteiger partial charge >= 0.3 is 0 Å². The third-order valence-electron chi connectivity index (χ3n) is 8.14. The number of nitrogens with zero attached hydrogens (tertiary/aromatic N) is 4. The summed E-state index contributed by atoms with van der Waals surface area (Å²) in [5, 5.41) is 9.82. The number of carbonyl (C=O) groups is 1. The summed E-state index contributed by atoms with van der Waals surface area (Å²) < 4.78 is 20.8. The van der Waals surface area contributed by atoms with Gasteiger partial charge in [0.2, 0.25) is 5.88 Å². The second-order valence-electron chi connectivity index (χ2n) is 11.2. The number of piperidine rings is 2. The monoisotopic (exact) mass is 496 g/mol. The molecule has 1 N–H and O–H groups in total. The lowest BCUT2D eigenvalue weighted by Crippen LogP contribution is -2.44. The van der Waals surface area contributed by atoms with Gasteiger partial charge in [0.15, 0.2) is 0 Å². The number of amides is 1. The minimum atomic E-state index is -0.524. The molecule has 1 aliphatic carbocycles. The molecule has 0 radical (unpaired) electrons. The Morgan fingerprint density at radius 3 is 2.58 bits per heavy atom. The molecule has 3 fully saturated rings. The first-order valence-electron chi connectivity index (χ1n) is 13.3. The zero-order valence-electron chi connectivity index (χ0n) is 21.2. The van der Waals surface area contributed by atoms with Gasteiger partial charge in [-0.15, -0.1) is 0 Å². The quantitative estimate of drug-likeness (QED) is 0.620. The highest BCUT2D eigenvalue weighted by Crippen LogP contribution is 2.41. The van der Waals surface area contributed by atoms with Crippen LogP contribution in [0.5, 0.6) is 5.88 Å². The standard InChI is InChI=1S/C28H37FN4O3/c1-28(9-3-10-28)19-32-12-7-20(8-13-32)18-36-26-16-30-25(15-31-26)23-6-5-21(14-24(23)29)27(35)33-11-2-4-22(34)17-33/h5-6,14-16,20,22,34H,2-4,7-13,17-19H2,1H3/t22-/m1/s1. The first-order chi connectivity index (χ1) is 17.4. The average Bonchev–Trinajstić information content (AvgIpc) is 2.87. The number of ether oxygens (including phenoxy) is 1. The van der Waals surface area contributed by atoms with Gasteiger partial charge in [-0.1, -0.05) is 13.3 Å². The van der Waals surface area contributed by atoms with Crippen LogP contribution in [0.2, 0.25) is 0 Å². The largest absolute Gasteiger partial charge is 0.476 e. The van der Waals surface area contributed by atoms with E-state index in [-0.39, 0.29) is 23.6 Å². The molecule has 194 valence electrons. The van der Waals surface area contributed by atoms with Gasteiger partial charge in [0.25, 0.3) is 5.91 Å². The third kappa shape index (κ3) is 5.86. The molecule has 1 saturated carbocycles. The molecule has 36 heavy (non-hydrogen) atoms. The van der Waals surface area contributed by atoms with Crippen molar-refractivity contribution in [2.24, 2.45) is 11.3 Å². The van der Waals surface area contributed by atoms with Crippen LogP contribution >= 0.6 is 0 Å². The molecule has 0 unspecified atom stereocenters. The Morgan fingerprint density at radius 2 is 1.94 bits per heavy atom. The van der Waals surface area contributed by atoms with Crippen LogP contribution in [0.25, 0.3) is 11.3 Å². The van der Waals surface area contributed by atoms with Crippen molar-refractivity contribution in [2.45, 2.75) is 58.0 Å². The molecular weight excluding hydrogens is 459 g/mol. The molecule has 3 heterocycles. The Kier molecular flexibility index (Phi) is 7.53. The molecule has 2 aromatic rings. The molecule has 0 bridgehead atoms. The Labute approximate surface area is 212 Å². The number of likely N-dealkylation sites (tertiary alicyclic amines) is 2. The van der Waals surface area contributed by atoms with Crippen LogP contribution in [-0.4, -0.2) is 76.2 Å². The maximum Gasteiger partial charge on any atom is 0.254 e. The average molecular weight is 497 g/mol. The number of aliphatic hydroxyl groups excluding tert-OH is 1. The fourth-order valence-corrected chi connectivity index (χ4v) is 5.70. The van der Waals surface area contributed by atoms with E-state index in [9.17, 15) is 14.3 Å². The summed E-state index contributed by atoms with van der Waals surface area (Å²) in [4.78, 5) is 25.6. The topological polar surface area (TPSA) is 78.8 Å². The first-order valence-corrected chi connectivity index (χ1v) is 13.3. The number of aliphatic hydroxyl groups is 1. The van der Waals surface area contributed by atoms with Crippen molar-refractivity contribution in [1.82, 2.24) is 19.8 Å². The van der Waals surface area contributed by atoms with Gasteiger partial charge in [0, 0.05) is 30.8 Å². The van der Waals surface area contributed by atoms with E-state index in [0.29, 0.717) is 42.5 Å². The van der Waals surface area contributed by atoms with Crippen molar-refractivity contribution in [2.75, 3.05) is 39.3 Å². The Balaban J connectivity index is 1.12. The summed E-state index contributed by atoms with van der Waals surface area (Å²) in [5.74, 6) is 0.167. The van der Waals surface area contributed by atoms with E-state index in [1.807, 2.05) is 0 Å². The Morgan fingerprint density at radius 1 is 1.14 bits per heavy atom. The Bertz CT molecular complexity index is 1050. The van der Waals surface area contributed by atoms with E-state index in [1.54, 1.807) is 17.0 Å². The van der Waals surface area contributed by atoms with E-state index >= 15 is 0 Å². The number of carbonyl (C=O) groups excluding carboxylic acids is 1. The summed E-state index contributed by atoms with van der Waals surface area (Å²) in [6, 6.07) is 4.40. The number of aromatic nitrogens is 2. The van der Waals surface area contributed by atoms with Crippen LogP contribution < -0.4 is 4.74 Å². The molecular formula is C28H37FN4O3. The molecule has 1 atom stereocenters. The molecule has 2 aliphatic heterocycles. The fourth-order valence-electron chi connectivity index (χ4n) is 5.70. The number of β-amino-alcohol motifs (C(OH)–C–C–N with tert-alkyl or cyclic N) is 1. The lowest BCUT2D eigenvalue weighted by molar-refractivity contribution is 0.0473. The van der Waals surface area contributed by atoms with Crippen LogP contribution in [-0.2, 0) is 0 Å². The van der Waals surface area contributed by atoms with Crippen molar-refractivity contribution in [3.05, 3.63) is 42.0 Å². The van der Waals surface area contributed by atoms with Crippen molar-refractivity contribution in [1.29, 1.82) is 0 Å². The molecule has 2 saturated heterocycles. The Hall–Kier alpha value is -2.58. The predicted octanol–water partition coefficient (Wildman–Crippen LogP) is 4.16. The summed E-state index contributed by atoms with van der Waals surface area (Å²) in [7, 11) is 0. The van der Waals surface area contributed by atoms with Gasteiger partial charge in [-0.05, 0) is 81.1 Å². The van der Waals surface area contributed by atoms with Crippen molar-refractivity contribution < 1.29 is 19.0 Å². The molecule has 3 aliphatic rings.